The number of nitrogens with one attached hydrogen (secondary N) is 1. The second kappa shape index (κ2) is 7.66. The van der Waals surface area contributed by atoms with E-state index in [-0.39, 0.29) is 5.91 Å². The van der Waals surface area contributed by atoms with Crippen molar-refractivity contribution in [3.63, 3.8) is 0 Å². The molecule has 4 heteroatoms. The molecule has 0 radical (unpaired) electrons. The van der Waals surface area contributed by atoms with Crippen LogP contribution >= 0.6 is 11.6 Å². The van der Waals surface area contributed by atoms with E-state index in [0.717, 1.165) is 22.9 Å². The summed E-state index contributed by atoms with van der Waals surface area (Å²) in [5, 5.41) is 4.49. The van der Waals surface area contributed by atoms with Crippen LogP contribution < -0.4 is 5.32 Å². The van der Waals surface area contributed by atoms with Gasteiger partial charge in [-0.2, -0.15) is 0 Å². The van der Waals surface area contributed by atoms with Gasteiger partial charge in [0.25, 0.3) is 5.91 Å². The number of halogens is 1. The van der Waals surface area contributed by atoms with Crippen molar-refractivity contribution in [3.05, 3.63) is 65.2 Å². The average molecular weight is 353 g/mol. The molecular formula is C21H21ClN2O. The molecule has 0 aliphatic rings. The van der Waals surface area contributed by atoms with Crippen LogP contribution in [0.2, 0.25) is 5.02 Å². The first-order valence-electron chi connectivity index (χ1n) is 8.49. The van der Waals surface area contributed by atoms with Gasteiger partial charge in [0, 0.05) is 22.5 Å². The SMILES string of the molecule is CC(C)CCNC(=O)c1cc(-c2ccccc2Cl)nc2ccccc12. The minimum absolute atomic E-state index is 0.0763. The number of amides is 1. The maximum Gasteiger partial charge on any atom is 0.252 e. The molecule has 1 heterocycles. The molecule has 0 saturated carbocycles. The molecule has 2 aromatic carbocycles. The number of aromatic nitrogens is 1. The van der Waals surface area contributed by atoms with Crippen molar-refractivity contribution in [2.75, 3.05) is 6.54 Å². The number of pyridine rings is 1. The predicted molar refractivity (Wildman–Crippen MR) is 104 cm³/mol. The number of fused-ring (bicyclic) bond motifs is 1. The zero-order chi connectivity index (χ0) is 17.8. The second-order valence-electron chi connectivity index (χ2n) is 6.49. The number of benzene rings is 2. The molecule has 3 rings (SSSR count). The van der Waals surface area contributed by atoms with Crippen LogP contribution in [-0.2, 0) is 0 Å². The van der Waals surface area contributed by atoms with Crippen molar-refractivity contribution >= 4 is 28.4 Å². The Morgan fingerprint density at radius 2 is 1.84 bits per heavy atom. The largest absolute Gasteiger partial charge is 0.352 e. The monoisotopic (exact) mass is 352 g/mol. The number of nitrogens with zero attached hydrogens (tertiary/aromatic N) is 1. The summed E-state index contributed by atoms with van der Waals surface area (Å²) in [7, 11) is 0. The van der Waals surface area contributed by atoms with Crippen LogP contribution in [-0.4, -0.2) is 17.4 Å². The average Bonchev–Trinajstić information content (AvgIpc) is 2.60. The van der Waals surface area contributed by atoms with E-state index in [1.807, 2.05) is 54.6 Å². The molecular weight excluding hydrogens is 332 g/mol. The lowest BCUT2D eigenvalue weighted by Crippen LogP contribution is -2.25. The summed E-state index contributed by atoms with van der Waals surface area (Å²) in [6.07, 6.45) is 0.951. The highest BCUT2D eigenvalue weighted by Gasteiger charge is 2.14. The standard InChI is InChI=1S/C21H21ClN2O/c1-14(2)11-12-23-21(25)17-13-20(16-8-3-5-9-18(16)22)24-19-10-6-4-7-15(17)19/h3-10,13-14H,11-12H2,1-2H3,(H,23,25). The number of rotatable bonds is 5. The third kappa shape index (κ3) is 3.99. The smallest absolute Gasteiger partial charge is 0.252 e. The summed E-state index contributed by atoms with van der Waals surface area (Å²) in [6, 6.07) is 17.1. The van der Waals surface area contributed by atoms with E-state index in [1.54, 1.807) is 0 Å². The summed E-state index contributed by atoms with van der Waals surface area (Å²) in [4.78, 5) is 17.4. The van der Waals surface area contributed by atoms with Crippen LogP contribution in [0.1, 0.15) is 30.6 Å². The van der Waals surface area contributed by atoms with E-state index in [9.17, 15) is 4.79 Å². The van der Waals surface area contributed by atoms with Crippen molar-refractivity contribution in [2.24, 2.45) is 5.92 Å². The third-order valence-electron chi connectivity index (χ3n) is 4.12. The van der Waals surface area contributed by atoms with Crippen molar-refractivity contribution in [1.82, 2.24) is 10.3 Å². The van der Waals surface area contributed by atoms with E-state index < -0.39 is 0 Å². The van der Waals surface area contributed by atoms with Gasteiger partial charge >= 0.3 is 0 Å². The summed E-state index contributed by atoms with van der Waals surface area (Å²) < 4.78 is 0. The van der Waals surface area contributed by atoms with E-state index in [2.05, 4.69) is 19.2 Å². The van der Waals surface area contributed by atoms with Crippen LogP contribution in [0.4, 0.5) is 0 Å². The van der Waals surface area contributed by atoms with Gasteiger partial charge in [-0.3, -0.25) is 4.79 Å². The number of carbonyl (C=O) groups is 1. The summed E-state index contributed by atoms with van der Waals surface area (Å²) >= 11 is 6.32. The third-order valence-corrected chi connectivity index (χ3v) is 4.45. The van der Waals surface area contributed by atoms with Crippen LogP contribution in [0.5, 0.6) is 0 Å². The maximum atomic E-state index is 12.7. The summed E-state index contributed by atoms with van der Waals surface area (Å²) in [5.74, 6) is 0.473. The molecule has 0 aliphatic carbocycles. The van der Waals surface area contributed by atoms with Gasteiger partial charge in [-0.1, -0.05) is 61.8 Å². The number of para-hydroxylation sites is 1. The van der Waals surface area contributed by atoms with Crippen molar-refractivity contribution in [1.29, 1.82) is 0 Å². The van der Waals surface area contributed by atoms with Gasteiger partial charge in [-0.25, -0.2) is 4.98 Å². The highest BCUT2D eigenvalue weighted by atomic mass is 35.5. The Kier molecular flexibility index (Phi) is 5.34. The molecule has 1 N–H and O–H groups in total. The van der Waals surface area contributed by atoms with E-state index in [0.29, 0.717) is 28.7 Å². The lowest BCUT2D eigenvalue weighted by Gasteiger charge is -2.12. The number of carbonyl (C=O) groups excluding carboxylic acids is 1. The Morgan fingerprint density at radius 1 is 1.12 bits per heavy atom. The van der Waals surface area contributed by atoms with Crippen molar-refractivity contribution < 1.29 is 4.79 Å². The first-order valence-corrected chi connectivity index (χ1v) is 8.87. The Bertz CT molecular complexity index is 905. The minimum atomic E-state index is -0.0763. The summed E-state index contributed by atoms with van der Waals surface area (Å²) in [5.41, 5.74) is 2.95. The number of hydrogen-bond acceptors (Lipinski definition) is 2. The Labute approximate surface area is 153 Å². The van der Waals surface area contributed by atoms with Crippen LogP contribution in [0.25, 0.3) is 22.2 Å². The zero-order valence-corrected chi connectivity index (χ0v) is 15.2. The van der Waals surface area contributed by atoms with Gasteiger partial charge in [0.05, 0.1) is 16.8 Å². The Hall–Kier alpha value is -2.39. The first kappa shape index (κ1) is 17.4. The van der Waals surface area contributed by atoms with E-state index >= 15 is 0 Å². The molecule has 25 heavy (non-hydrogen) atoms. The van der Waals surface area contributed by atoms with Gasteiger partial charge < -0.3 is 5.32 Å². The molecule has 1 amide bonds. The predicted octanol–water partition coefficient (Wildman–Crippen LogP) is 5.33. The quantitative estimate of drug-likeness (QED) is 0.674. The highest BCUT2D eigenvalue weighted by molar-refractivity contribution is 6.33. The molecule has 0 fully saturated rings. The zero-order valence-electron chi connectivity index (χ0n) is 14.4. The molecule has 3 nitrogen and oxygen atoms in total. The molecule has 128 valence electrons. The fourth-order valence-corrected chi connectivity index (χ4v) is 2.97. The fraction of sp³-hybridized carbons (Fsp3) is 0.238. The van der Waals surface area contributed by atoms with E-state index in [4.69, 9.17) is 16.6 Å². The van der Waals surface area contributed by atoms with Gasteiger partial charge in [-0.15, -0.1) is 0 Å². The molecule has 3 aromatic rings. The lowest BCUT2D eigenvalue weighted by molar-refractivity contribution is 0.0953. The van der Waals surface area contributed by atoms with Crippen molar-refractivity contribution in [3.8, 4) is 11.3 Å². The van der Waals surface area contributed by atoms with Gasteiger partial charge in [0.2, 0.25) is 0 Å². The first-order chi connectivity index (χ1) is 12.1. The molecule has 0 saturated heterocycles. The van der Waals surface area contributed by atoms with Crippen molar-refractivity contribution in [2.45, 2.75) is 20.3 Å². The highest BCUT2D eigenvalue weighted by Crippen LogP contribution is 2.29. The summed E-state index contributed by atoms with van der Waals surface area (Å²) in [6.45, 7) is 4.95. The maximum absolute atomic E-state index is 12.7. The lowest BCUT2D eigenvalue weighted by atomic mass is 10.0. The Morgan fingerprint density at radius 3 is 2.60 bits per heavy atom. The second-order valence-corrected chi connectivity index (χ2v) is 6.90. The van der Waals surface area contributed by atoms with Crippen LogP contribution in [0.15, 0.2) is 54.6 Å². The Balaban J connectivity index is 2.04. The van der Waals surface area contributed by atoms with Crippen LogP contribution in [0.3, 0.4) is 0 Å². The number of hydrogen-bond donors (Lipinski definition) is 1. The minimum Gasteiger partial charge on any atom is -0.352 e. The van der Waals surface area contributed by atoms with Gasteiger partial charge in [0.1, 0.15) is 0 Å². The van der Waals surface area contributed by atoms with Gasteiger partial charge in [-0.05, 0) is 30.5 Å². The molecule has 0 aliphatic heterocycles. The van der Waals surface area contributed by atoms with Gasteiger partial charge in [0.15, 0.2) is 0 Å². The fourth-order valence-electron chi connectivity index (χ4n) is 2.74. The molecule has 0 spiro atoms. The van der Waals surface area contributed by atoms with E-state index in [1.165, 1.54) is 0 Å². The molecule has 0 atom stereocenters. The topological polar surface area (TPSA) is 42.0 Å². The van der Waals surface area contributed by atoms with Crippen LogP contribution in [0, 0.1) is 5.92 Å². The molecule has 1 aromatic heterocycles. The normalized spacial score (nSPS) is 11.0. The molecule has 0 unspecified atom stereocenters. The molecule has 0 bridgehead atoms.